The molecule has 1 aromatic heterocycles. The molecule has 0 saturated carbocycles. The molecular weight excluding hydrogens is 429 g/mol. The first-order valence-electron chi connectivity index (χ1n) is 10.9. The van der Waals surface area contributed by atoms with Crippen molar-refractivity contribution in [2.24, 2.45) is 0 Å². The average Bonchev–Trinajstić information content (AvgIpc) is 3.10. The molecule has 2 heterocycles. The number of aromatic amines is 1. The zero-order chi connectivity index (χ0) is 23.9. The summed E-state index contributed by atoms with van der Waals surface area (Å²) in [5.74, 6) is -2.14. The van der Waals surface area contributed by atoms with Gasteiger partial charge in [0.25, 0.3) is 0 Å². The molecule has 0 bridgehead atoms. The van der Waals surface area contributed by atoms with Crippen LogP contribution in [-0.4, -0.2) is 41.2 Å². The highest BCUT2D eigenvalue weighted by molar-refractivity contribution is 5.87. The number of rotatable bonds is 5. The molecule has 0 radical (unpaired) electrons. The summed E-state index contributed by atoms with van der Waals surface area (Å²) in [6, 6.07) is 9.12. The van der Waals surface area contributed by atoms with E-state index in [1.807, 2.05) is 36.1 Å². The number of hydrogen-bond acceptors (Lipinski definition) is 3. The molecule has 0 saturated heterocycles. The number of para-hydroxylation sites is 1. The second-order valence-electron chi connectivity index (χ2n) is 9.16. The normalized spacial score (nSPS) is 19.2. The average molecular weight is 457 g/mol. The van der Waals surface area contributed by atoms with Crippen molar-refractivity contribution < 1.29 is 22.7 Å². The Hall–Kier alpha value is -3.06. The lowest BCUT2D eigenvalue weighted by atomic mass is 9.87. The van der Waals surface area contributed by atoms with E-state index in [4.69, 9.17) is 0 Å². The molecule has 0 spiro atoms. The van der Waals surface area contributed by atoms with Gasteiger partial charge in [0.1, 0.15) is 17.3 Å². The molecule has 1 aliphatic rings. The number of esters is 1. The number of hydrogen-bond donors (Lipinski definition) is 1. The van der Waals surface area contributed by atoms with Crippen LogP contribution in [-0.2, 0) is 16.0 Å². The van der Waals surface area contributed by atoms with Crippen molar-refractivity contribution in [1.82, 2.24) is 9.88 Å². The van der Waals surface area contributed by atoms with Crippen molar-refractivity contribution in [3.63, 3.8) is 0 Å². The minimum atomic E-state index is -1.56. The van der Waals surface area contributed by atoms with Crippen LogP contribution in [0.2, 0.25) is 0 Å². The van der Waals surface area contributed by atoms with Crippen LogP contribution >= 0.6 is 0 Å². The van der Waals surface area contributed by atoms with Gasteiger partial charge in [-0.05, 0) is 62.6 Å². The summed E-state index contributed by atoms with van der Waals surface area (Å²) in [5.41, 5.74) is 1.02. The minimum Gasteiger partial charge on any atom is -0.466 e. The van der Waals surface area contributed by atoms with Gasteiger partial charge in [-0.2, -0.15) is 0 Å². The van der Waals surface area contributed by atoms with Crippen LogP contribution < -0.4 is 0 Å². The number of nitrogens with zero attached hydrogens (tertiary/aromatic N) is 1. The predicted octanol–water partition coefficient (Wildman–Crippen LogP) is 5.72. The Labute approximate surface area is 191 Å². The quantitative estimate of drug-likeness (QED) is 0.395. The number of benzene rings is 2. The fourth-order valence-electron chi connectivity index (χ4n) is 4.69. The van der Waals surface area contributed by atoms with Crippen molar-refractivity contribution >= 4 is 22.9 Å². The molecule has 3 aromatic rings. The molecule has 2 aromatic carbocycles. The van der Waals surface area contributed by atoms with Gasteiger partial charge in [0.05, 0.1) is 13.2 Å². The summed E-state index contributed by atoms with van der Waals surface area (Å²) in [4.78, 5) is 16.5. The summed E-state index contributed by atoms with van der Waals surface area (Å²) in [6.45, 7) is 4.89. The Kier molecular flexibility index (Phi) is 6.10. The Bertz CT molecular complexity index is 1200. The van der Waals surface area contributed by atoms with E-state index in [9.17, 15) is 9.18 Å². The van der Waals surface area contributed by atoms with E-state index in [-0.39, 0.29) is 23.7 Å². The van der Waals surface area contributed by atoms with Gasteiger partial charge in [-0.25, -0.2) is 18.0 Å². The molecule has 1 aliphatic heterocycles. The lowest BCUT2D eigenvalue weighted by Gasteiger charge is -2.43. The molecule has 174 valence electrons. The number of methoxy groups -OCH3 is 1. The van der Waals surface area contributed by atoms with E-state index < -0.39 is 29.3 Å². The predicted molar refractivity (Wildman–Crippen MR) is 123 cm³/mol. The Morgan fingerprint density at radius 1 is 1.24 bits per heavy atom. The molecule has 33 heavy (non-hydrogen) atoms. The SMILES string of the molecule is COC(=O)/C=C/c1cc(F)c([C@H]2c3[nH]c4ccccc4c3C[C@@H](C)N2CC(C)(C)F)c(F)c1. The lowest BCUT2D eigenvalue weighted by Crippen LogP contribution is -2.48. The van der Waals surface area contributed by atoms with Crippen molar-refractivity contribution in [3.8, 4) is 0 Å². The van der Waals surface area contributed by atoms with Gasteiger partial charge in [-0.3, -0.25) is 4.90 Å². The monoisotopic (exact) mass is 456 g/mol. The van der Waals surface area contributed by atoms with E-state index in [0.717, 1.165) is 22.5 Å². The maximum atomic E-state index is 15.5. The molecule has 4 nitrogen and oxygen atoms in total. The zero-order valence-corrected chi connectivity index (χ0v) is 19.1. The first-order valence-corrected chi connectivity index (χ1v) is 10.9. The molecule has 4 rings (SSSR count). The Balaban J connectivity index is 1.89. The first-order chi connectivity index (χ1) is 15.6. The number of halogens is 3. The third-order valence-corrected chi connectivity index (χ3v) is 6.06. The number of alkyl halides is 1. The summed E-state index contributed by atoms with van der Waals surface area (Å²) >= 11 is 0. The highest BCUT2D eigenvalue weighted by Gasteiger charge is 2.40. The zero-order valence-electron chi connectivity index (χ0n) is 19.1. The van der Waals surface area contributed by atoms with Gasteiger partial charge in [-0.1, -0.05) is 18.2 Å². The standard InChI is InChI=1S/C26H27F3N2O2/c1-15-11-18-17-7-5-6-8-21(17)30-24(18)25(31(15)14-26(2,3)29)23-19(27)12-16(13-20(23)28)9-10-22(32)33-4/h5-10,12-13,15,25,30H,11,14H2,1-4H3/b10-9+/t15-,25+/m1/s1. The topological polar surface area (TPSA) is 45.3 Å². The first kappa shape index (κ1) is 23.1. The summed E-state index contributed by atoms with van der Waals surface area (Å²) in [6.07, 6.45) is 3.03. The fourth-order valence-corrected chi connectivity index (χ4v) is 4.69. The van der Waals surface area contributed by atoms with Crippen molar-refractivity contribution in [3.05, 3.63) is 76.5 Å². The Morgan fingerprint density at radius 3 is 2.55 bits per heavy atom. The van der Waals surface area contributed by atoms with Crippen LogP contribution in [0.3, 0.4) is 0 Å². The molecule has 2 atom stereocenters. The third kappa shape index (κ3) is 4.55. The highest BCUT2D eigenvalue weighted by Crippen LogP contribution is 2.43. The summed E-state index contributed by atoms with van der Waals surface area (Å²) in [7, 11) is 1.22. The largest absolute Gasteiger partial charge is 0.466 e. The van der Waals surface area contributed by atoms with Crippen molar-refractivity contribution in [1.29, 1.82) is 0 Å². The van der Waals surface area contributed by atoms with Gasteiger partial charge >= 0.3 is 5.97 Å². The van der Waals surface area contributed by atoms with Gasteiger partial charge < -0.3 is 9.72 Å². The van der Waals surface area contributed by atoms with Gasteiger partial charge in [0, 0.05) is 40.8 Å². The van der Waals surface area contributed by atoms with Gasteiger partial charge in [0.2, 0.25) is 0 Å². The maximum absolute atomic E-state index is 15.5. The fraction of sp³-hybridized carbons (Fsp3) is 0.346. The lowest BCUT2D eigenvalue weighted by molar-refractivity contribution is -0.134. The summed E-state index contributed by atoms with van der Waals surface area (Å²) < 4.78 is 50.3. The maximum Gasteiger partial charge on any atom is 0.330 e. The van der Waals surface area contributed by atoms with Crippen LogP contribution in [0.1, 0.15) is 49.2 Å². The third-order valence-electron chi connectivity index (χ3n) is 6.06. The number of nitrogens with one attached hydrogen (secondary N) is 1. The molecule has 0 amide bonds. The molecule has 0 unspecified atom stereocenters. The van der Waals surface area contributed by atoms with Crippen molar-refractivity contribution in [2.75, 3.05) is 13.7 Å². The number of aromatic nitrogens is 1. The van der Waals surface area contributed by atoms with Crippen molar-refractivity contribution in [2.45, 2.75) is 44.9 Å². The van der Waals surface area contributed by atoms with Gasteiger partial charge in [-0.15, -0.1) is 0 Å². The molecule has 1 N–H and O–H groups in total. The van der Waals surface area contributed by atoms with Gasteiger partial charge in [0.15, 0.2) is 0 Å². The molecule has 0 aliphatic carbocycles. The number of carbonyl (C=O) groups is 1. The number of carbonyl (C=O) groups excluding carboxylic acids is 1. The number of ether oxygens (including phenoxy) is 1. The number of fused-ring (bicyclic) bond motifs is 3. The second kappa shape index (κ2) is 8.71. The van der Waals surface area contributed by atoms with Crippen LogP contribution in [0.25, 0.3) is 17.0 Å². The van der Waals surface area contributed by atoms with Crippen LogP contribution in [0.15, 0.2) is 42.5 Å². The minimum absolute atomic E-state index is 0.0104. The van der Waals surface area contributed by atoms with Crippen LogP contribution in [0.5, 0.6) is 0 Å². The molecule has 7 heteroatoms. The van der Waals surface area contributed by atoms with E-state index in [1.54, 1.807) is 0 Å². The van der Waals surface area contributed by atoms with E-state index in [2.05, 4.69) is 9.72 Å². The summed E-state index contributed by atoms with van der Waals surface area (Å²) in [5, 5.41) is 1.00. The number of H-pyrrole nitrogens is 1. The molecule has 0 fully saturated rings. The molecular formula is C26H27F3N2O2. The van der Waals surface area contributed by atoms with Crippen LogP contribution in [0, 0.1) is 11.6 Å². The highest BCUT2D eigenvalue weighted by atomic mass is 19.1. The van der Waals surface area contributed by atoms with E-state index in [0.29, 0.717) is 12.1 Å². The second-order valence-corrected chi connectivity index (χ2v) is 9.16. The smallest absolute Gasteiger partial charge is 0.330 e. The van der Waals surface area contributed by atoms with Crippen LogP contribution in [0.4, 0.5) is 13.2 Å². The Morgan fingerprint density at radius 2 is 1.91 bits per heavy atom. The van der Waals surface area contributed by atoms with E-state index in [1.165, 1.54) is 39.2 Å². The van der Waals surface area contributed by atoms with E-state index >= 15 is 8.78 Å².